The summed E-state index contributed by atoms with van der Waals surface area (Å²) in [6, 6.07) is 10.1. The van der Waals surface area contributed by atoms with Crippen LogP contribution in [0.15, 0.2) is 36.5 Å². The molecule has 78 valence electrons. The van der Waals surface area contributed by atoms with Crippen LogP contribution < -0.4 is 5.73 Å². The SMILES string of the molecule is Cn1nncc1CC(N)c1ccccc1. The molecule has 0 saturated heterocycles. The molecule has 1 aromatic carbocycles. The third-order valence-corrected chi connectivity index (χ3v) is 2.46. The summed E-state index contributed by atoms with van der Waals surface area (Å²) in [5, 5.41) is 7.70. The van der Waals surface area contributed by atoms with E-state index in [1.165, 1.54) is 0 Å². The molecule has 0 aliphatic heterocycles. The van der Waals surface area contributed by atoms with Crippen LogP contribution in [0.2, 0.25) is 0 Å². The lowest BCUT2D eigenvalue weighted by Gasteiger charge is -2.11. The summed E-state index contributed by atoms with van der Waals surface area (Å²) in [5.74, 6) is 0. The number of nitrogens with two attached hydrogens (primary N) is 1. The van der Waals surface area contributed by atoms with Crippen LogP contribution in [0, 0.1) is 0 Å². The van der Waals surface area contributed by atoms with Crippen molar-refractivity contribution < 1.29 is 0 Å². The fourth-order valence-electron chi connectivity index (χ4n) is 1.54. The second-order valence-electron chi connectivity index (χ2n) is 3.57. The van der Waals surface area contributed by atoms with Crippen molar-refractivity contribution in [1.29, 1.82) is 0 Å². The van der Waals surface area contributed by atoms with Gasteiger partial charge in [0, 0.05) is 19.5 Å². The van der Waals surface area contributed by atoms with E-state index in [-0.39, 0.29) is 6.04 Å². The van der Waals surface area contributed by atoms with Crippen LogP contribution in [0.5, 0.6) is 0 Å². The summed E-state index contributed by atoms with van der Waals surface area (Å²) < 4.78 is 1.75. The normalized spacial score (nSPS) is 12.7. The number of benzene rings is 1. The van der Waals surface area contributed by atoms with E-state index < -0.39 is 0 Å². The lowest BCUT2D eigenvalue weighted by molar-refractivity contribution is 0.629. The first kappa shape index (κ1) is 9.86. The molecule has 0 aliphatic rings. The second-order valence-corrected chi connectivity index (χ2v) is 3.57. The Morgan fingerprint density at radius 1 is 1.33 bits per heavy atom. The standard InChI is InChI=1S/C11H14N4/c1-15-10(8-13-14-15)7-11(12)9-5-3-2-4-6-9/h2-6,8,11H,7,12H2,1H3. The first-order chi connectivity index (χ1) is 7.27. The summed E-state index contributed by atoms with van der Waals surface area (Å²) in [6.07, 6.45) is 2.51. The van der Waals surface area contributed by atoms with E-state index in [1.807, 2.05) is 37.4 Å². The van der Waals surface area contributed by atoms with E-state index in [0.29, 0.717) is 0 Å². The van der Waals surface area contributed by atoms with E-state index in [2.05, 4.69) is 10.3 Å². The van der Waals surface area contributed by atoms with E-state index in [9.17, 15) is 0 Å². The van der Waals surface area contributed by atoms with Crippen LogP contribution in [0.4, 0.5) is 0 Å². The molecule has 15 heavy (non-hydrogen) atoms. The summed E-state index contributed by atoms with van der Waals surface area (Å²) >= 11 is 0. The van der Waals surface area contributed by atoms with Gasteiger partial charge >= 0.3 is 0 Å². The van der Waals surface area contributed by atoms with Gasteiger partial charge in [0.2, 0.25) is 0 Å². The molecule has 1 heterocycles. The number of hydrogen-bond acceptors (Lipinski definition) is 3. The van der Waals surface area contributed by atoms with Crippen LogP contribution in [0.3, 0.4) is 0 Å². The van der Waals surface area contributed by atoms with Gasteiger partial charge in [-0.1, -0.05) is 35.5 Å². The Morgan fingerprint density at radius 3 is 2.67 bits per heavy atom. The number of nitrogens with zero attached hydrogens (tertiary/aromatic N) is 3. The highest BCUT2D eigenvalue weighted by Gasteiger charge is 2.09. The molecule has 0 fully saturated rings. The molecular formula is C11H14N4. The van der Waals surface area contributed by atoms with Crippen molar-refractivity contribution in [3.05, 3.63) is 47.8 Å². The van der Waals surface area contributed by atoms with Gasteiger partial charge in [0.25, 0.3) is 0 Å². The Balaban J connectivity index is 2.11. The predicted molar refractivity (Wildman–Crippen MR) is 58.1 cm³/mol. The number of aromatic nitrogens is 3. The first-order valence-corrected chi connectivity index (χ1v) is 4.91. The fourth-order valence-corrected chi connectivity index (χ4v) is 1.54. The van der Waals surface area contributed by atoms with E-state index in [4.69, 9.17) is 5.73 Å². The minimum absolute atomic E-state index is 0.00315. The third-order valence-electron chi connectivity index (χ3n) is 2.46. The van der Waals surface area contributed by atoms with Gasteiger partial charge in [0.05, 0.1) is 11.9 Å². The molecule has 4 nitrogen and oxygen atoms in total. The van der Waals surface area contributed by atoms with Gasteiger partial charge in [-0.25, -0.2) is 0 Å². The van der Waals surface area contributed by atoms with Crippen molar-refractivity contribution in [3.63, 3.8) is 0 Å². The summed E-state index contributed by atoms with van der Waals surface area (Å²) in [5.41, 5.74) is 8.27. The molecule has 0 saturated carbocycles. The minimum atomic E-state index is 0.00315. The molecule has 0 bridgehead atoms. The van der Waals surface area contributed by atoms with Gasteiger partial charge in [-0.15, -0.1) is 5.10 Å². The van der Waals surface area contributed by atoms with Crippen molar-refractivity contribution in [2.45, 2.75) is 12.5 Å². The lowest BCUT2D eigenvalue weighted by Crippen LogP contribution is -2.15. The summed E-state index contributed by atoms with van der Waals surface area (Å²) in [7, 11) is 1.88. The molecule has 1 unspecified atom stereocenters. The van der Waals surface area contributed by atoms with Crippen LogP contribution in [0.1, 0.15) is 17.3 Å². The van der Waals surface area contributed by atoms with Crippen molar-refractivity contribution in [2.75, 3.05) is 0 Å². The highest BCUT2D eigenvalue weighted by molar-refractivity contribution is 5.19. The number of aryl methyl sites for hydroxylation is 1. The Kier molecular flexibility index (Phi) is 2.78. The van der Waals surface area contributed by atoms with Crippen molar-refractivity contribution in [1.82, 2.24) is 15.0 Å². The molecule has 0 aliphatic carbocycles. The average molecular weight is 202 g/mol. The zero-order valence-electron chi connectivity index (χ0n) is 8.67. The Bertz CT molecular complexity index is 421. The monoisotopic (exact) mass is 202 g/mol. The molecule has 1 aromatic heterocycles. The van der Waals surface area contributed by atoms with Crippen LogP contribution in [0.25, 0.3) is 0 Å². The zero-order chi connectivity index (χ0) is 10.7. The fraction of sp³-hybridized carbons (Fsp3) is 0.273. The van der Waals surface area contributed by atoms with Gasteiger partial charge in [-0.2, -0.15) is 0 Å². The van der Waals surface area contributed by atoms with Crippen LogP contribution in [-0.2, 0) is 13.5 Å². The highest BCUT2D eigenvalue weighted by atomic mass is 15.4. The molecule has 1 atom stereocenters. The maximum absolute atomic E-state index is 6.09. The maximum atomic E-state index is 6.09. The number of hydrogen-bond donors (Lipinski definition) is 1. The highest BCUT2D eigenvalue weighted by Crippen LogP contribution is 2.14. The van der Waals surface area contributed by atoms with Crippen molar-refractivity contribution in [3.8, 4) is 0 Å². The van der Waals surface area contributed by atoms with E-state index in [1.54, 1.807) is 10.9 Å². The van der Waals surface area contributed by atoms with Crippen molar-refractivity contribution >= 4 is 0 Å². The first-order valence-electron chi connectivity index (χ1n) is 4.91. The smallest absolute Gasteiger partial charge is 0.0725 e. The van der Waals surface area contributed by atoms with E-state index >= 15 is 0 Å². The molecule has 2 N–H and O–H groups in total. The van der Waals surface area contributed by atoms with Gasteiger partial charge < -0.3 is 5.73 Å². The molecule has 2 aromatic rings. The van der Waals surface area contributed by atoms with Gasteiger partial charge in [0.1, 0.15) is 0 Å². The second kappa shape index (κ2) is 4.23. The predicted octanol–water partition coefficient (Wildman–Crippen LogP) is 1.06. The summed E-state index contributed by atoms with van der Waals surface area (Å²) in [6.45, 7) is 0. The molecular weight excluding hydrogens is 188 g/mol. The quantitative estimate of drug-likeness (QED) is 0.809. The summed E-state index contributed by atoms with van der Waals surface area (Å²) in [4.78, 5) is 0. The van der Waals surface area contributed by atoms with Gasteiger partial charge in [-0.05, 0) is 5.56 Å². The van der Waals surface area contributed by atoms with Gasteiger partial charge in [-0.3, -0.25) is 4.68 Å². The maximum Gasteiger partial charge on any atom is 0.0725 e. The third kappa shape index (κ3) is 2.22. The van der Waals surface area contributed by atoms with Crippen molar-refractivity contribution in [2.24, 2.45) is 12.8 Å². The van der Waals surface area contributed by atoms with Crippen LogP contribution in [-0.4, -0.2) is 15.0 Å². The molecule has 2 rings (SSSR count). The van der Waals surface area contributed by atoms with E-state index in [0.717, 1.165) is 17.7 Å². The zero-order valence-corrected chi connectivity index (χ0v) is 8.67. The molecule has 0 radical (unpaired) electrons. The molecule has 0 spiro atoms. The molecule has 4 heteroatoms. The molecule has 0 amide bonds. The van der Waals surface area contributed by atoms with Crippen LogP contribution >= 0.6 is 0 Å². The average Bonchev–Trinajstić information content (AvgIpc) is 2.66. The Morgan fingerprint density at radius 2 is 2.07 bits per heavy atom. The number of rotatable bonds is 3. The lowest BCUT2D eigenvalue weighted by atomic mass is 10.0. The van der Waals surface area contributed by atoms with Gasteiger partial charge in [0.15, 0.2) is 0 Å². The Hall–Kier alpha value is -1.68. The minimum Gasteiger partial charge on any atom is -0.324 e. The Labute approximate surface area is 88.7 Å². The topological polar surface area (TPSA) is 56.7 Å². The largest absolute Gasteiger partial charge is 0.324 e.